The number of hydrogen-bond acceptors (Lipinski definition) is 5. The second-order valence-electron chi connectivity index (χ2n) is 6.12. The minimum atomic E-state index is 0.353. The fourth-order valence-electron chi connectivity index (χ4n) is 2.72. The fraction of sp³-hybridized carbons (Fsp3) is 0.238. The minimum Gasteiger partial charge on any atom is -0.493 e. The van der Waals surface area contributed by atoms with Crippen LogP contribution in [-0.4, -0.2) is 31.9 Å². The number of guanidine groups is 1. The Hall–Kier alpha value is -3.48. The molecule has 0 spiro atoms. The van der Waals surface area contributed by atoms with Crippen molar-refractivity contribution in [3.63, 3.8) is 0 Å². The summed E-state index contributed by atoms with van der Waals surface area (Å²) in [6.07, 6.45) is 0.776. The van der Waals surface area contributed by atoms with Crippen molar-refractivity contribution in [1.82, 2.24) is 10.5 Å². The summed E-state index contributed by atoms with van der Waals surface area (Å²) in [4.78, 5) is 4.31. The summed E-state index contributed by atoms with van der Waals surface area (Å²) in [6, 6.07) is 17.5. The Balaban J connectivity index is 1.49. The zero-order valence-electron chi connectivity index (χ0n) is 16.0. The molecule has 1 heterocycles. The van der Waals surface area contributed by atoms with E-state index in [-0.39, 0.29) is 0 Å². The number of nitrogens with one attached hydrogen (secondary N) is 1. The van der Waals surface area contributed by atoms with Crippen molar-refractivity contribution < 1.29 is 14.0 Å². The van der Waals surface area contributed by atoms with Crippen LogP contribution >= 0.6 is 0 Å². The first-order chi connectivity index (χ1) is 13.7. The van der Waals surface area contributed by atoms with Gasteiger partial charge in [-0.3, -0.25) is 0 Å². The Morgan fingerprint density at radius 2 is 1.86 bits per heavy atom. The Labute approximate surface area is 164 Å². The van der Waals surface area contributed by atoms with Gasteiger partial charge in [0.15, 0.2) is 23.2 Å². The maximum absolute atomic E-state index is 5.94. The summed E-state index contributed by atoms with van der Waals surface area (Å²) < 4.78 is 15.9. The Morgan fingerprint density at radius 3 is 2.61 bits per heavy atom. The topological polar surface area (TPSA) is 94.9 Å². The van der Waals surface area contributed by atoms with Crippen LogP contribution in [0.3, 0.4) is 0 Å². The molecule has 7 heteroatoms. The molecule has 7 nitrogen and oxygen atoms in total. The molecule has 0 saturated heterocycles. The molecular formula is C21H24N4O3. The lowest BCUT2D eigenvalue weighted by Crippen LogP contribution is -2.33. The van der Waals surface area contributed by atoms with Crippen LogP contribution in [0.5, 0.6) is 11.5 Å². The first-order valence-corrected chi connectivity index (χ1v) is 8.95. The van der Waals surface area contributed by atoms with E-state index in [9.17, 15) is 0 Å². The van der Waals surface area contributed by atoms with Crippen molar-refractivity contribution in [2.24, 2.45) is 10.7 Å². The third-order valence-corrected chi connectivity index (χ3v) is 4.20. The molecule has 0 saturated carbocycles. The second kappa shape index (κ2) is 9.45. The molecule has 0 bridgehead atoms. The van der Waals surface area contributed by atoms with E-state index >= 15 is 0 Å². The highest BCUT2D eigenvalue weighted by atomic mass is 16.5. The Bertz CT molecular complexity index is 922. The Kier molecular flexibility index (Phi) is 6.51. The number of nitrogens with two attached hydrogens (primary N) is 1. The number of benzene rings is 2. The zero-order chi connectivity index (χ0) is 19.8. The van der Waals surface area contributed by atoms with Crippen molar-refractivity contribution in [2.45, 2.75) is 13.0 Å². The number of ether oxygens (including phenoxy) is 2. The standard InChI is InChI=1S/C21H24N4O3/c1-26-18-9-8-15(12-20(18)27-2)10-11-23-21(22)24-14-17-13-19(28-25-17)16-6-4-3-5-7-16/h3-9,12-13H,10-11,14H2,1-2H3,(H3,22,23,24). The third kappa shape index (κ3) is 5.03. The SMILES string of the molecule is COc1ccc(CCNC(N)=NCc2cc(-c3ccccc3)on2)cc1OC. The van der Waals surface area contributed by atoms with Gasteiger partial charge in [0.05, 0.1) is 20.8 Å². The third-order valence-electron chi connectivity index (χ3n) is 4.20. The number of hydrogen-bond donors (Lipinski definition) is 2. The summed E-state index contributed by atoms with van der Waals surface area (Å²) in [6.45, 7) is 1.00. The fourth-order valence-corrected chi connectivity index (χ4v) is 2.72. The summed E-state index contributed by atoms with van der Waals surface area (Å²) in [5.74, 6) is 2.50. The largest absolute Gasteiger partial charge is 0.493 e. The van der Waals surface area contributed by atoms with E-state index in [0.29, 0.717) is 36.3 Å². The van der Waals surface area contributed by atoms with Crippen LogP contribution in [0.4, 0.5) is 0 Å². The number of methoxy groups -OCH3 is 2. The van der Waals surface area contributed by atoms with Crippen molar-refractivity contribution in [3.8, 4) is 22.8 Å². The van der Waals surface area contributed by atoms with Crippen molar-refractivity contribution in [2.75, 3.05) is 20.8 Å². The molecule has 3 aromatic rings. The van der Waals surface area contributed by atoms with Crippen LogP contribution in [0.1, 0.15) is 11.3 Å². The van der Waals surface area contributed by atoms with Crippen molar-refractivity contribution in [3.05, 3.63) is 65.9 Å². The zero-order valence-corrected chi connectivity index (χ0v) is 16.0. The van der Waals surface area contributed by atoms with E-state index in [4.69, 9.17) is 19.7 Å². The molecule has 0 aliphatic heterocycles. The highest BCUT2D eigenvalue weighted by molar-refractivity contribution is 5.77. The molecule has 3 rings (SSSR count). The molecule has 3 N–H and O–H groups in total. The first kappa shape index (κ1) is 19.3. The highest BCUT2D eigenvalue weighted by Gasteiger charge is 2.06. The van der Waals surface area contributed by atoms with Gasteiger partial charge in [-0.2, -0.15) is 0 Å². The predicted molar refractivity (Wildman–Crippen MR) is 109 cm³/mol. The maximum atomic E-state index is 5.94. The first-order valence-electron chi connectivity index (χ1n) is 8.95. The molecule has 0 radical (unpaired) electrons. The van der Waals surface area contributed by atoms with Gasteiger partial charge >= 0.3 is 0 Å². The summed E-state index contributed by atoms with van der Waals surface area (Å²) >= 11 is 0. The molecule has 0 aliphatic carbocycles. The molecule has 0 amide bonds. The smallest absolute Gasteiger partial charge is 0.188 e. The summed E-state index contributed by atoms with van der Waals surface area (Å²) in [7, 11) is 3.24. The number of aliphatic imine (C=N–C) groups is 1. The Morgan fingerprint density at radius 1 is 1.07 bits per heavy atom. The van der Waals surface area contributed by atoms with Gasteiger partial charge in [0, 0.05) is 18.2 Å². The van der Waals surface area contributed by atoms with Crippen LogP contribution in [0, 0.1) is 0 Å². The average Bonchev–Trinajstić information content (AvgIpc) is 3.22. The van der Waals surface area contributed by atoms with Crippen LogP contribution in [0.2, 0.25) is 0 Å². The van der Waals surface area contributed by atoms with Gasteiger partial charge in [-0.1, -0.05) is 41.6 Å². The van der Waals surface area contributed by atoms with E-state index in [1.54, 1.807) is 14.2 Å². The van der Waals surface area contributed by atoms with Gasteiger partial charge in [-0.25, -0.2) is 4.99 Å². The van der Waals surface area contributed by atoms with E-state index in [1.165, 1.54) is 0 Å². The molecule has 28 heavy (non-hydrogen) atoms. The average molecular weight is 380 g/mol. The second-order valence-corrected chi connectivity index (χ2v) is 6.12. The molecule has 146 valence electrons. The molecule has 0 aliphatic rings. The molecule has 0 unspecified atom stereocenters. The van der Waals surface area contributed by atoms with E-state index in [2.05, 4.69) is 15.5 Å². The van der Waals surface area contributed by atoms with Crippen LogP contribution in [-0.2, 0) is 13.0 Å². The van der Waals surface area contributed by atoms with Crippen LogP contribution in [0.25, 0.3) is 11.3 Å². The maximum Gasteiger partial charge on any atom is 0.188 e. The van der Waals surface area contributed by atoms with Crippen LogP contribution in [0.15, 0.2) is 64.1 Å². The van der Waals surface area contributed by atoms with Gasteiger partial charge in [0.25, 0.3) is 0 Å². The minimum absolute atomic E-state index is 0.353. The normalized spacial score (nSPS) is 11.3. The number of rotatable bonds is 8. The molecule has 0 atom stereocenters. The van der Waals surface area contributed by atoms with E-state index in [1.807, 2.05) is 54.6 Å². The van der Waals surface area contributed by atoms with Crippen LogP contribution < -0.4 is 20.5 Å². The quantitative estimate of drug-likeness (QED) is 0.461. The molecule has 1 aromatic heterocycles. The van der Waals surface area contributed by atoms with E-state index < -0.39 is 0 Å². The van der Waals surface area contributed by atoms with Crippen molar-refractivity contribution in [1.29, 1.82) is 0 Å². The van der Waals surface area contributed by atoms with Gasteiger partial charge in [-0.05, 0) is 24.1 Å². The monoisotopic (exact) mass is 380 g/mol. The molecule has 0 fully saturated rings. The lowest BCUT2D eigenvalue weighted by atomic mass is 10.1. The lowest BCUT2D eigenvalue weighted by molar-refractivity contribution is 0.354. The van der Waals surface area contributed by atoms with E-state index in [0.717, 1.165) is 23.2 Å². The predicted octanol–water partition coefficient (Wildman–Crippen LogP) is 3.01. The van der Waals surface area contributed by atoms with Gasteiger partial charge in [0.2, 0.25) is 0 Å². The molecule has 2 aromatic carbocycles. The highest BCUT2D eigenvalue weighted by Crippen LogP contribution is 2.27. The lowest BCUT2D eigenvalue weighted by Gasteiger charge is -2.10. The number of aromatic nitrogens is 1. The summed E-state index contributed by atoms with van der Waals surface area (Å²) in [5.41, 5.74) is 8.76. The van der Waals surface area contributed by atoms with Gasteiger partial charge < -0.3 is 25.0 Å². The van der Waals surface area contributed by atoms with Gasteiger partial charge in [-0.15, -0.1) is 0 Å². The van der Waals surface area contributed by atoms with Crippen molar-refractivity contribution >= 4 is 5.96 Å². The van der Waals surface area contributed by atoms with Gasteiger partial charge in [0.1, 0.15) is 5.69 Å². The number of nitrogens with zero attached hydrogens (tertiary/aromatic N) is 2. The summed E-state index contributed by atoms with van der Waals surface area (Å²) in [5, 5.41) is 7.14. The molecular weight excluding hydrogens is 356 g/mol.